The normalized spacial score (nSPS) is 16.1. The number of aromatic amines is 1. The number of benzene rings is 2. The van der Waals surface area contributed by atoms with E-state index in [-0.39, 0.29) is 34.8 Å². The number of nitrogens with zero attached hydrogens (tertiary/aromatic N) is 4. The predicted molar refractivity (Wildman–Crippen MR) is 153 cm³/mol. The molecule has 17 heteroatoms. The van der Waals surface area contributed by atoms with Crippen molar-refractivity contribution in [1.82, 2.24) is 20.2 Å². The van der Waals surface area contributed by atoms with Crippen LogP contribution in [0.5, 0.6) is 5.75 Å². The van der Waals surface area contributed by atoms with Crippen LogP contribution in [-0.4, -0.2) is 62.0 Å². The molecular weight excluding hydrogens is 643 g/mol. The van der Waals surface area contributed by atoms with Gasteiger partial charge < -0.3 is 19.7 Å². The highest BCUT2D eigenvalue weighted by atomic mass is 32.2. The molecule has 6 rings (SSSR count). The third kappa shape index (κ3) is 5.56. The standard InChI is InChI=1S/C28H25F5N6O4S2/c1-14-11-20(38-37-14)34-25-24(42-2)26(39-7-9-43-10-8-39)36-27(35-25)44-19-4-3-15(12-16(19)29)45(40,41)28(5-6-28)21-22(32)17(30)13-18(31)23(21)33/h3-4,11-13H,5-10H2,1-2H3,(H2,34,35,36,37,38). The minimum absolute atomic E-state index is 0.00500. The fraction of sp³-hybridized carbons (Fsp3) is 0.321. The van der Waals surface area contributed by atoms with Crippen LogP contribution in [0.25, 0.3) is 0 Å². The maximum atomic E-state index is 15.5. The summed E-state index contributed by atoms with van der Waals surface area (Å²) in [6.45, 7) is 3.70. The van der Waals surface area contributed by atoms with Gasteiger partial charge in [-0.2, -0.15) is 5.10 Å². The maximum absolute atomic E-state index is 15.5. The van der Waals surface area contributed by atoms with Crippen LogP contribution < -0.4 is 15.0 Å². The first kappa shape index (κ1) is 31.0. The molecule has 2 aromatic carbocycles. The van der Waals surface area contributed by atoms with Crippen LogP contribution in [0.1, 0.15) is 24.1 Å². The zero-order valence-corrected chi connectivity index (χ0v) is 25.4. The zero-order chi connectivity index (χ0) is 32.1. The number of hydrogen-bond donors (Lipinski definition) is 2. The van der Waals surface area contributed by atoms with Crippen LogP contribution in [-0.2, 0) is 19.3 Å². The van der Waals surface area contributed by atoms with Crippen LogP contribution >= 0.6 is 11.8 Å². The number of methoxy groups -OCH3 is 1. The molecule has 238 valence electrons. The van der Waals surface area contributed by atoms with Crippen molar-refractivity contribution in [2.75, 3.05) is 43.6 Å². The van der Waals surface area contributed by atoms with Gasteiger partial charge in [-0.05, 0) is 49.7 Å². The second kappa shape index (κ2) is 11.8. The summed E-state index contributed by atoms with van der Waals surface area (Å²) in [5.74, 6) is -6.64. The van der Waals surface area contributed by atoms with Crippen LogP contribution in [0.2, 0.25) is 0 Å². The number of rotatable bonds is 9. The van der Waals surface area contributed by atoms with Crippen molar-refractivity contribution in [3.05, 3.63) is 70.7 Å². The molecule has 0 radical (unpaired) electrons. The van der Waals surface area contributed by atoms with Crippen molar-refractivity contribution in [3.63, 3.8) is 0 Å². The summed E-state index contributed by atoms with van der Waals surface area (Å²) < 4.78 is 109. The zero-order valence-electron chi connectivity index (χ0n) is 23.8. The number of hydrogen-bond acceptors (Lipinski definition) is 10. The summed E-state index contributed by atoms with van der Waals surface area (Å²) in [6.07, 6.45) is -0.612. The lowest BCUT2D eigenvalue weighted by Gasteiger charge is -2.29. The Kier molecular flexibility index (Phi) is 8.11. The topological polar surface area (TPSA) is 122 Å². The van der Waals surface area contributed by atoms with Gasteiger partial charge in [-0.1, -0.05) is 0 Å². The number of sulfone groups is 1. The molecule has 1 aliphatic heterocycles. The number of ether oxygens (including phenoxy) is 2. The average molecular weight is 669 g/mol. The summed E-state index contributed by atoms with van der Waals surface area (Å²) in [7, 11) is -3.23. The average Bonchev–Trinajstić information content (AvgIpc) is 3.73. The molecule has 4 aromatic rings. The van der Waals surface area contributed by atoms with Crippen LogP contribution in [0.15, 0.2) is 45.3 Å². The third-order valence-electron chi connectivity index (χ3n) is 7.50. The SMILES string of the molecule is COc1c(Nc2cc(C)[nH]n2)nc(Sc2ccc(S(=O)(=O)C3(c4c(F)c(F)cc(F)c4F)CC3)cc2F)nc1N1CCOCC1. The first-order valence-corrected chi connectivity index (χ1v) is 15.9. The quantitative estimate of drug-likeness (QED) is 0.136. The third-order valence-corrected chi connectivity index (χ3v) is 10.9. The number of aromatic nitrogens is 4. The molecule has 1 aliphatic carbocycles. The molecule has 0 unspecified atom stereocenters. The van der Waals surface area contributed by atoms with E-state index in [1.807, 2.05) is 11.8 Å². The Balaban J connectivity index is 1.35. The van der Waals surface area contributed by atoms with E-state index in [4.69, 9.17) is 9.47 Å². The van der Waals surface area contributed by atoms with Gasteiger partial charge in [0, 0.05) is 30.9 Å². The van der Waals surface area contributed by atoms with E-state index in [1.165, 1.54) is 7.11 Å². The van der Waals surface area contributed by atoms with Gasteiger partial charge in [0.2, 0.25) is 5.75 Å². The molecule has 3 heterocycles. The number of nitrogens with one attached hydrogen (secondary N) is 2. The second-order valence-electron chi connectivity index (χ2n) is 10.4. The molecule has 2 aliphatic rings. The fourth-order valence-electron chi connectivity index (χ4n) is 5.13. The molecular formula is C28H25F5N6O4S2. The van der Waals surface area contributed by atoms with Crippen molar-refractivity contribution in [3.8, 4) is 5.75 Å². The van der Waals surface area contributed by atoms with Gasteiger partial charge >= 0.3 is 0 Å². The van der Waals surface area contributed by atoms with Crippen molar-refractivity contribution < 1.29 is 39.8 Å². The minimum Gasteiger partial charge on any atom is -0.490 e. The Labute approximate surface area is 258 Å². The maximum Gasteiger partial charge on any atom is 0.204 e. The van der Waals surface area contributed by atoms with Gasteiger partial charge in [0.1, 0.15) is 10.6 Å². The molecule has 0 amide bonds. The van der Waals surface area contributed by atoms with Gasteiger partial charge in [-0.15, -0.1) is 0 Å². The van der Waals surface area contributed by atoms with Gasteiger partial charge in [-0.25, -0.2) is 40.3 Å². The van der Waals surface area contributed by atoms with Gasteiger partial charge in [-0.3, -0.25) is 5.10 Å². The molecule has 2 aromatic heterocycles. The van der Waals surface area contributed by atoms with E-state index in [0.717, 1.165) is 29.6 Å². The van der Waals surface area contributed by atoms with E-state index in [2.05, 4.69) is 25.5 Å². The van der Waals surface area contributed by atoms with E-state index >= 15 is 4.39 Å². The molecule has 10 nitrogen and oxygen atoms in total. The Morgan fingerprint density at radius 3 is 2.27 bits per heavy atom. The monoisotopic (exact) mass is 668 g/mol. The highest BCUT2D eigenvalue weighted by molar-refractivity contribution is 7.99. The lowest BCUT2D eigenvalue weighted by atomic mass is 10.1. The second-order valence-corrected chi connectivity index (χ2v) is 13.7. The van der Waals surface area contributed by atoms with Crippen molar-refractivity contribution in [2.24, 2.45) is 0 Å². The van der Waals surface area contributed by atoms with Crippen molar-refractivity contribution in [2.45, 2.75) is 39.5 Å². The number of halogens is 5. The molecule has 45 heavy (non-hydrogen) atoms. The highest BCUT2D eigenvalue weighted by Gasteiger charge is 2.60. The molecule has 0 spiro atoms. The number of anilines is 3. The number of aryl methyl sites for hydroxylation is 1. The van der Waals surface area contributed by atoms with Crippen LogP contribution in [0.4, 0.5) is 39.4 Å². The smallest absolute Gasteiger partial charge is 0.204 e. The summed E-state index contributed by atoms with van der Waals surface area (Å²) in [5, 5.41) is 10.1. The Morgan fingerprint density at radius 2 is 1.69 bits per heavy atom. The summed E-state index contributed by atoms with van der Waals surface area (Å²) in [5.41, 5.74) is -0.445. The van der Waals surface area contributed by atoms with E-state index < -0.39 is 54.1 Å². The van der Waals surface area contributed by atoms with Crippen molar-refractivity contribution in [1.29, 1.82) is 0 Å². The first-order chi connectivity index (χ1) is 21.4. The molecule has 1 saturated heterocycles. The Morgan fingerprint density at radius 1 is 1.00 bits per heavy atom. The van der Waals surface area contributed by atoms with E-state index in [9.17, 15) is 26.0 Å². The van der Waals surface area contributed by atoms with Gasteiger partial charge in [0.15, 0.2) is 55.7 Å². The molecule has 2 N–H and O–H groups in total. The predicted octanol–water partition coefficient (Wildman–Crippen LogP) is 5.41. The largest absolute Gasteiger partial charge is 0.490 e. The highest BCUT2D eigenvalue weighted by Crippen LogP contribution is 2.57. The van der Waals surface area contributed by atoms with Gasteiger partial charge in [0.05, 0.1) is 35.7 Å². The summed E-state index contributed by atoms with van der Waals surface area (Å²) in [6, 6.07) is 4.66. The Bertz CT molecular complexity index is 1870. The molecule has 2 fully saturated rings. The van der Waals surface area contributed by atoms with Crippen LogP contribution in [0, 0.1) is 36.0 Å². The summed E-state index contributed by atoms with van der Waals surface area (Å²) >= 11 is 0.796. The van der Waals surface area contributed by atoms with Crippen molar-refractivity contribution >= 4 is 39.1 Å². The number of morpholine rings is 1. The number of H-pyrrole nitrogens is 1. The fourth-order valence-corrected chi connectivity index (χ4v) is 7.93. The van der Waals surface area contributed by atoms with Crippen LogP contribution in [0.3, 0.4) is 0 Å². The van der Waals surface area contributed by atoms with E-state index in [1.54, 1.807) is 6.07 Å². The molecule has 0 atom stereocenters. The molecule has 0 bridgehead atoms. The molecule has 1 saturated carbocycles. The van der Waals surface area contributed by atoms with E-state index in [0.29, 0.717) is 49.8 Å². The summed E-state index contributed by atoms with van der Waals surface area (Å²) in [4.78, 5) is 10.4. The minimum atomic E-state index is -4.69. The first-order valence-electron chi connectivity index (χ1n) is 13.6. The Hall–Kier alpha value is -3.96. The lowest BCUT2D eigenvalue weighted by Crippen LogP contribution is -2.37. The van der Waals surface area contributed by atoms with Gasteiger partial charge in [0.25, 0.3) is 0 Å². The lowest BCUT2D eigenvalue weighted by molar-refractivity contribution is 0.122.